The Morgan fingerprint density at radius 1 is 1.13 bits per heavy atom. The second-order valence-electron chi connectivity index (χ2n) is 5.16. The van der Waals surface area contributed by atoms with Gasteiger partial charge in [-0.3, -0.25) is 0 Å². The summed E-state index contributed by atoms with van der Waals surface area (Å²) in [5.74, 6) is 0. The standard InChI is InChI=1S/C9H9.C3H7.2CH3.Sn/c1-2-6-9-7-4-3-5-8-9;1-3-2;;;/h2-8H,1H2;3H,1-2H3;2*1H3;/b6-2+;;;;. The van der Waals surface area contributed by atoms with Crippen LogP contribution in [-0.2, 0) is 0 Å². The number of hydrogen-bond acceptors (Lipinski definition) is 0. The zero-order valence-corrected chi connectivity index (χ0v) is 13.2. The van der Waals surface area contributed by atoms with Gasteiger partial charge in [-0.05, 0) is 0 Å². The van der Waals surface area contributed by atoms with Gasteiger partial charge in [0.25, 0.3) is 0 Å². The Morgan fingerprint density at radius 3 is 2.27 bits per heavy atom. The van der Waals surface area contributed by atoms with Gasteiger partial charge in [0.15, 0.2) is 0 Å². The van der Waals surface area contributed by atoms with Crippen LogP contribution >= 0.6 is 0 Å². The van der Waals surface area contributed by atoms with Gasteiger partial charge in [-0.25, -0.2) is 0 Å². The van der Waals surface area contributed by atoms with Crippen LogP contribution in [-0.4, -0.2) is 18.4 Å². The summed E-state index contributed by atoms with van der Waals surface area (Å²) in [5.41, 5.74) is 1.32. The van der Waals surface area contributed by atoms with Gasteiger partial charge in [0, 0.05) is 0 Å². The van der Waals surface area contributed by atoms with Gasteiger partial charge < -0.3 is 0 Å². The van der Waals surface area contributed by atoms with Gasteiger partial charge >= 0.3 is 98.5 Å². The van der Waals surface area contributed by atoms with E-state index in [0.29, 0.717) is 0 Å². The average Bonchev–Trinajstić information content (AvgIpc) is 2.19. The van der Waals surface area contributed by atoms with E-state index in [1.165, 1.54) is 10.0 Å². The Labute approximate surface area is 98.3 Å². The molecule has 0 N–H and O–H groups in total. The molecule has 0 heterocycles. The third kappa shape index (κ3) is 4.41. The topological polar surface area (TPSA) is 0 Å². The van der Waals surface area contributed by atoms with E-state index in [0.717, 1.165) is 3.93 Å². The molecular formula is C14H22Sn. The summed E-state index contributed by atoms with van der Waals surface area (Å²) in [5, 5.41) is 0. The molecule has 0 aromatic heterocycles. The van der Waals surface area contributed by atoms with E-state index in [2.05, 4.69) is 66.2 Å². The molecule has 1 rings (SSSR count). The molecule has 0 aliphatic heterocycles. The minimum atomic E-state index is -1.75. The van der Waals surface area contributed by atoms with Crippen LogP contribution in [0.2, 0.25) is 18.2 Å². The third-order valence-corrected chi connectivity index (χ3v) is 15.9. The number of benzene rings is 1. The van der Waals surface area contributed by atoms with E-state index in [9.17, 15) is 0 Å². The van der Waals surface area contributed by atoms with Crippen LogP contribution in [0.4, 0.5) is 0 Å². The van der Waals surface area contributed by atoms with E-state index in [4.69, 9.17) is 0 Å². The zero-order chi connectivity index (χ0) is 11.3. The van der Waals surface area contributed by atoms with Crippen LogP contribution in [0.25, 0.3) is 6.08 Å². The van der Waals surface area contributed by atoms with Gasteiger partial charge in [0.1, 0.15) is 0 Å². The van der Waals surface area contributed by atoms with Crippen LogP contribution < -0.4 is 0 Å². The van der Waals surface area contributed by atoms with Crippen molar-refractivity contribution in [2.24, 2.45) is 0 Å². The predicted octanol–water partition coefficient (Wildman–Crippen LogP) is 4.82. The van der Waals surface area contributed by atoms with Crippen molar-refractivity contribution in [1.82, 2.24) is 0 Å². The first kappa shape index (κ1) is 12.8. The van der Waals surface area contributed by atoms with Crippen molar-refractivity contribution >= 4 is 24.5 Å². The fourth-order valence-electron chi connectivity index (χ4n) is 1.30. The molecule has 0 radical (unpaired) electrons. The molecule has 0 saturated heterocycles. The summed E-state index contributed by atoms with van der Waals surface area (Å²) in [6.45, 7) is 4.76. The first-order valence-corrected chi connectivity index (χ1v) is 15.1. The van der Waals surface area contributed by atoms with Crippen LogP contribution in [0, 0.1) is 0 Å². The average molecular weight is 309 g/mol. The summed E-state index contributed by atoms with van der Waals surface area (Å²) < 4.78 is 2.28. The SMILES string of the molecule is C[CH](C)[Sn]([CH3])([CH3])[CH2]/C=C/c1ccccc1. The molecule has 1 heteroatoms. The maximum atomic E-state index is 2.54. The van der Waals surface area contributed by atoms with Gasteiger partial charge in [-0.15, -0.1) is 0 Å². The molecule has 0 fully saturated rings. The van der Waals surface area contributed by atoms with Crippen LogP contribution in [0.15, 0.2) is 36.4 Å². The van der Waals surface area contributed by atoms with Crippen LogP contribution in [0.3, 0.4) is 0 Å². The predicted molar refractivity (Wildman–Crippen MR) is 72.9 cm³/mol. The molecule has 0 saturated carbocycles. The molecule has 0 unspecified atom stereocenters. The molecule has 0 nitrogen and oxygen atoms in total. The van der Waals surface area contributed by atoms with E-state index in [1.807, 2.05) is 0 Å². The summed E-state index contributed by atoms with van der Waals surface area (Å²) in [6.07, 6.45) is 4.65. The first-order chi connectivity index (χ1) is 7.02. The van der Waals surface area contributed by atoms with E-state index >= 15 is 0 Å². The summed E-state index contributed by atoms with van der Waals surface area (Å²) in [7, 11) is 0. The van der Waals surface area contributed by atoms with Gasteiger partial charge in [-0.2, -0.15) is 0 Å². The fourth-order valence-corrected chi connectivity index (χ4v) is 4.71. The Hall–Kier alpha value is -0.241. The van der Waals surface area contributed by atoms with Crippen molar-refractivity contribution in [3.8, 4) is 0 Å². The fraction of sp³-hybridized carbons (Fsp3) is 0.429. The van der Waals surface area contributed by atoms with Crippen molar-refractivity contribution in [2.45, 2.75) is 32.1 Å². The minimum absolute atomic E-state index is 0.930. The Morgan fingerprint density at radius 2 is 1.73 bits per heavy atom. The molecule has 1 aromatic carbocycles. The van der Waals surface area contributed by atoms with Crippen LogP contribution in [0.1, 0.15) is 19.4 Å². The Kier molecular flexibility index (Phi) is 4.91. The molecule has 0 atom stereocenters. The van der Waals surface area contributed by atoms with E-state index in [-0.39, 0.29) is 0 Å². The van der Waals surface area contributed by atoms with E-state index < -0.39 is 18.4 Å². The first-order valence-electron chi connectivity index (χ1n) is 5.74. The molecule has 0 aliphatic carbocycles. The molecule has 0 amide bonds. The molecule has 15 heavy (non-hydrogen) atoms. The van der Waals surface area contributed by atoms with Gasteiger partial charge in [0.2, 0.25) is 0 Å². The molecule has 1 aromatic rings. The van der Waals surface area contributed by atoms with Crippen molar-refractivity contribution in [3.63, 3.8) is 0 Å². The zero-order valence-electron chi connectivity index (χ0n) is 10.3. The molecule has 0 aliphatic rings. The molecule has 82 valence electrons. The maximum absolute atomic E-state index is 2.54. The van der Waals surface area contributed by atoms with Crippen molar-refractivity contribution in [3.05, 3.63) is 42.0 Å². The monoisotopic (exact) mass is 310 g/mol. The summed E-state index contributed by atoms with van der Waals surface area (Å²) in [6, 6.07) is 10.6. The van der Waals surface area contributed by atoms with Gasteiger partial charge in [0.05, 0.1) is 0 Å². The molecular weight excluding hydrogens is 287 g/mol. The Bertz CT molecular complexity index is 309. The quantitative estimate of drug-likeness (QED) is 0.700. The summed E-state index contributed by atoms with van der Waals surface area (Å²) in [4.78, 5) is 5.07. The van der Waals surface area contributed by atoms with Gasteiger partial charge in [-0.1, -0.05) is 0 Å². The number of hydrogen-bond donors (Lipinski definition) is 0. The second-order valence-corrected chi connectivity index (χ2v) is 21.0. The van der Waals surface area contributed by atoms with Crippen molar-refractivity contribution in [2.75, 3.05) is 0 Å². The summed E-state index contributed by atoms with van der Waals surface area (Å²) >= 11 is -1.75. The second kappa shape index (κ2) is 5.74. The van der Waals surface area contributed by atoms with E-state index in [1.54, 1.807) is 0 Å². The van der Waals surface area contributed by atoms with Crippen molar-refractivity contribution < 1.29 is 0 Å². The molecule has 0 bridgehead atoms. The number of rotatable bonds is 4. The molecule has 0 spiro atoms. The number of allylic oxidation sites excluding steroid dienone is 1. The normalized spacial score (nSPS) is 12.6. The van der Waals surface area contributed by atoms with Crippen LogP contribution in [0.5, 0.6) is 0 Å². The third-order valence-electron chi connectivity index (χ3n) is 3.32. The Balaban J connectivity index is 2.54. The van der Waals surface area contributed by atoms with Crippen molar-refractivity contribution in [1.29, 1.82) is 0 Å².